The number of quaternary nitrogens is 1. The monoisotopic (exact) mass is 450 g/mol. The Morgan fingerprint density at radius 3 is 2.38 bits per heavy atom. The van der Waals surface area contributed by atoms with Gasteiger partial charge < -0.3 is 9.80 Å². The lowest BCUT2D eigenvalue weighted by molar-refractivity contribution is -0.917. The predicted molar refractivity (Wildman–Crippen MR) is 125 cm³/mol. The van der Waals surface area contributed by atoms with Crippen molar-refractivity contribution < 1.29 is 18.1 Å². The third-order valence-corrected chi connectivity index (χ3v) is 8.75. The molecule has 32 heavy (non-hydrogen) atoms. The van der Waals surface area contributed by atoms with Gasteiger partial charge in [0.15, 0.2) is 6.04 Å². The van der Waals surface area contributed by atoms with E-state index < -0.39 is 10.0 Å². The Hall–Kier alpha value is -2.74. The molecular formula is C25H28N3O3S+. The van der Waals surface area contributed by atoms with Crippen molar-refractivity contribution in [2.45, 2.75) is 24.3 Å². The molecule has 0 aliphatic carbocycles. The van der Waals surface area contributed by atoms with Crippen molar-refractivity contribution in [2.75, 3.05) is 37.6 Å². The Labute approximate surface area is 189 Å². The van der Waals surface area contributed by atoms with Crippen LogP contribution in [0, 0.1) is 0 Å². The normalized spacial score (nSPS) is 18.6. The van der Waals surface area contributed by atoms with E-state index in [0.717, 1.165) is 34.3 Å². The number of amides is 1. The first-order chi connectivity index (χ1) is 15.4. The van der Waals surface area contributed by atoms with Crippen molar-refractivity contribution >= 4 is 32.4 Å². The minimum Gasteiger partial charge on any atom is -0.323 e. The number of anilines is 1. The molecule has 1 amide bonds. The third-order valence-electron chi connectivity index (χ3n) is 6.86. The summed E-state index contributed by atoms with van der Waals surface area (Å²) in [4.78, 5) is 16.6. The molecule has 1 atom stereocenters. The number of hydrogen-bond donors (Lipinski definition) is 1. The van der Waals surface area contributed by atoms with Gasteiger partial charge in [-0.2, -0.15) is 4.31 Å². The zero-order valence-corrected chi connectivity index (χ0v) is 19.0. The van der Waals surface area contributed by atoms with Crippen LogP contribution in [0.1, 0.15) is 12.5 Å². The van der Waals surface area contributed by atoms with Crippen LogP contribution in [-0.4, -0.2) is 57.4 Å². The maximum absolute atomic E-state index is 13.2. The highest BCUT2D eigenvalue weighted by Gasteiger charge is 2.37. The molecule has 7 heteroatoms. The van der Waals surface area contributed by atoms with Crippen LogP contribution in [0.25, 0.3) is 10.8 Å². The summed E-state index contributed by atoms with van der Waals surface area (Å²) in [5.74, 6) is 0.121. The van der Waals surface area contributed by atoms with Crippen LogP contribution in [0.15, 0.2) is 71.6 Å². The number of benzene rings is 3. The van der Waals surface area contributed by atoms with Gasteiger partial charge in [-0.05, 0) is 47.9 Å². The number of fused-ring (bicyclic) bond motifs is 2. The van der Waals surface area contributed by atoms with Gasteiger partial charge in [-0.15, -0.1) is 0 Å². The Morgan fingerprint density at radius 1 is 0.906 bits per heavy atom. The van der Waals surface area contributed by atoms with Crippen molar-refractivity contribution in [3.05, 3.63) is 72.3 Å². The maximum Gasteiger partial charge on any atom is 0.284 e. The number of piperazine rings is 1. The number of nitrogens with one attached hydrogen (secondary N) is 1. The standard InChI is InChI=1S/C25H27N3O3S/c1-19(25(29)28-13-12-21-7-4-5-9-24(21)28)26-14-16-27(17-15-26)32(30,31)23-11-10-20-6-2-3-8-22(20)18-23/h2-11,18-19H,12-17H2,1H3/p+1/t19-/m0/s1. The molecule has 0 spiro atoms. The SMILES string of the molecule is C[C@@H](C(=O)N1CCc2ccccc21)[NH+]1CCN(S(=O)(=O)c2ccc3ccccc3c2)CC1. The maximum atomic E-state index is 13.2. The smallest absolute Gasteiger partial charge is 0.284 e. The number of carbonyl (C=O) groups excluding carboxylic acids is 1. The first kappa shape index (κ1) is 21.1. The number of rotatable bonds is 4. The molecule has 1 N–H and O–H groups in total. The lowest BCUT2D eigenvalue weighted by Gasteiger charge is -2.35. The van der Waals surface area contributed by atoms with E-state index in [4.69, 9.17) is 0 Å². The van der Waals surface area contributed by atoms with E-state index in [1.54, 1.807) is 16.4 Å². The number of hydrogen-bond acceptors (Lipinski definition) is 3. The fourth-order valence-electron chi connectivity index (χ4n) is 4.90. The van der Waals surface area contributed by atoms with Gasteiger partial charge in [-0.25, -0.2) is 8.42 Å². The van der Waals surface area contributed by atoms with Crippen LogP contribution in [-0.2, 0) is 21.2 Å². The lowest BCUT2D eigenvalue weighted by Crippen LogP contribution is -3.19. The zero-order valence-electron chi connectivity index (χ0n) is 18.2. The molecule has 2 aliphatic heterocycles. The largest absolute Gasteiger partial charge is 0.323 e. The van der Waals surface area contributed by atoms with Crippen molar-refractivity contribution in [3.8, 4) is 0 Å². The van der Waals surface area contributed by atoms with Gasteiger partial charge in [0, 0.05) is 12.2 Å². The molecule has 0 aromatic heterocycles. The molecule has 3 aromatic rings. The Balaban J connectivity index is 1.26. The summed E-state index contributed by atoms with van der Waals surface area (Å²) >= 11 is 0. The average Bonchev–Trinajstić information content (AvgIpc) is 3.27. The van der Waals surface area contributed by atoms with E-state index in [0.29, 0.717) is 31.1 Å². The second kappa shape index (κ2) is 8.31. The summed E-state index contributed by atoms with van der Waals surface area (Å²) in [6.45, 7) is 4.76. The van der Waals surface area contributed by atoms with Crippen LogP contribution in [0.4, 0.5) is 5.69 Å². The highest BCUT2D eigenvalue weighted by Crippen LogP contribution is 2.27. The van der Waals surface area contributed by atoms with E-state index in [9.17, 15) is 13.2 Å². The lowest BCUT2D eigenvalue weighted by atomic mass is 10.1. The summed E-state index contributed by atoms with van der Waals surface area (Å²) in [6.07, 6.45) is 0.891. The van der Waals surface area contributed by atoms with Crippen LogP contribution in [0.5, 0.6) is 0 Å². The summed E-state index contributed by atoms with van der Waals surface area (Å²) in [6, 6.07) is 20.9. The number of para-hydroxylation sites is 1. The molecule has 166 valence electrons. The van der Waals surface area contributed by atoms with Crippen molar-refractivity contribution in [1.29, 1.82) is 0 Å². The van der Waals surface area contributed by atoms with Crippen LogP contribution >= 0.6 is 0 Å². The topological polar surface area (TPSA) is 62.1 Å². The average molecular weight is 451 g/mol. The molecule has 0 bridgehead atoms. The van der Waals surface area contributed by atoms with E-state index in [2.05, 4.69) is 6.07 Å². The minimum absolute atomic E-state index is 0.121. The molecule has 3 aromatic carbocycles. The van der Waals surface area contributed by atoms with Gasteiger partial charge in [-0.1, -0.05) is 48.5 Å². The first-order valence-electron chi connectivity index (χ1n) is 11.2. The van der Waals surface area contributed by atoms with Crippen molar-refractivity contribution in [3.63, 3.8) is 0 Å². The molecule has 0 unspecified atom stereocenters. The van der Waals surface area contributed by atoms with Crippen LogP contribution in [0.3, 0.4) is 0 Å². The van der Waals surface area contributed by atoms with Gasteiger partial charge in [0.25, 0.3) is 5.91 Å². The molecule has 0 saturated carbocycles. The summed E-state index contributed by atoms with van der Waals surface area (Å²) in [5, 5.41) is 1.94. The van der Waals surface area contributed by atoms with Crippen molar-refractivity contribution in [1.82, 2.24) is 4.31 Å². The van der Waals surface area contributed by atoms with Gasteiger partial charge in [0.2, 0.25) is 10.0 Å². The van der Waals surface area contributed by atoms with E-state index in [1.807, 2.05) is 60.4 Å². The van der Waals surface area contributed by atoms with Crippen molar-refractivity contribution in [2.24, 2.45) is 0 Å². The molecule has 1 fully saturated rings. The molecule has 5 rings (SSSR count). The van der Waals surface area contributed by atoms with Crippen LogP contribution < -0.4 is 9.80 Å². The molecule has 1 saturated heterocycles. The molecule has 6 nitrogen and oxygen atoms in total. The first-order valence-corrected chi connectivity index (χ1v) is 12.6. The number of nitrogens with zero attached hydrogens (tertiary/aromatic N) is 2. The van der Waals surface area contributed by atoms with Gasteiger partial charge >= 0.3 is 0 Å². The Bertz CT molecular complexity index is 1270. The fourth-order valence-corrected chi connectivity index (χ4v) is 6.38. The highest BCUT2D eigenvalue weighted by molar-refractivity contribution is 7.89. The van der Waals surface area contributed by atoms with Gasteiger partial charge in [0.1, 0.15) is 0 Å². The summed E-state index contributed by atoms with van der Waals surface area (Å²) < 4.78 is 28.0. The molecule has 0 radical (unpaired) electrons. The minimum atomic E-state index is -3.55. The Morgan fingerprint density at radius 2 is 1.59 bits per heavy atom. The fraction of sp³-hybridized carbons (Fsp3) is 0.320. The van der Waals surface area contributed by atoms with Crippen LogP contribution in [0.2, 0.25) is 0 Å². The molecule has 2 aliphatic rings. The second-order valence-electron chi connectivity index (χ2n) is 8.66. The number of sulfonamides is 1. The Kier molecular flexibility index (Phi) is 5.49. The van der Waals surface area contributed by atoms with Gasteiger partial charge in [0.05, 0.1) is 31.1 Å². The molecular weight excluding hydrogens is 422 g/mol. The second-order valence-corrected chi connectivity index (χ2v) is 10.6. The summed E-state index contributed by atoms with van der Waals surface area (Å²) in [7, 11) is -3.55. The summed E-state index contributed by atoms with van der Waals surface area (Å²) in [5.41, 5.74) is 2.23. The van der Waals surface area contributed by atoms with E-state index >= 15 is 0 Å². The number of carbonyl (C=O) groups is 1. The van der Waals surface area contributed by atoms with E-state index in [-0.39, 0.29) is 11.9 Å². The zero-order chi connectivity index (χ0) is 22.3. The third kappa shape index (κ3) is 3.70. The quantitative estimate of drug-likeness (QED) is 0.658. The predicted octanol–water partition coefficient (Wildman–Crippen LogP) is 1.71. The van der Waals surface area contributed by atoms with E-state index in [1.165, 1.54) is 5.56 Å². The highest BCUT2D eigenvalue weighted by atomic mass is 32.2. The van der Waals surface area contributed by atoms with Gasteiger partial charge in [-0.3, -0.25) is 4.79 Å². The molecule has 2 heterocycles.